The van der Waals surface area contributed by atoms with Crippen LogP contribution < -0.4 is 0 Å². The third-order valence-electron chi connectivity index (χ3n) is 1.43. The van der Waals surface area contributed by atoms with Crippen molar-refractivity contribution < 1.29 is 19.4 Å². The summed E-state index contributed by atoms with van der Waals surface area (Å²) in [5.74, 6) is -1.02. The van der Waals surface area contributed by atoms with E-state index in [9.17, 15) is 9.59 Å². The Morgan fingerprint density at radius 2 is 2.00 bits per heavy atom. The summed E-state index contributed by atoms with van der Waals surface area (Å²) in [5, 5.41) is 7.57. The molecule has 0 saturated heterocycles. The smallest absolute Gasteiger partial charge is 0.324 e. The summed E-state index contributed by atoms with van der Waals surface area (Å²) in [7, 11) is 0. The number of ether oxygens (including phenoxy) is 1. The van der Waals surface area contributed by atoms with Crippen LogP contribution in [0.2, 0.25) is 0 Å². The molecule has 0 radical (unpaired) electrons. The van der Waals surface area contributed by atoms with Crippen molar-refractivity contribution in [2.24, 2.45) is 0 Å². The molecule has 1 atom stereocenters. The van der Waals surface area contributed by atoms with Crippen LogP contribution in [0.1, 0.15) is 33.1 Å². The first-order valence-electron chi connectivity index (χ1n) is 5.07. The van der Waals surface area contributed by atoms with Gasteiger partial charge in [-0.15, -0.1) is 11.6 Å². The number of carboxylic acid groups (broad SMARTS) is 1. The maximum absolute atomic E-state index is 10.6. The SMILES string of the molecule is CCOC(=O)C(Cl)CC.O=C(O)CCCI. The van der Waals surface area contributed by atoms with Gasteiger partial charge in [0.15, 0.2) is 0 Å². The molecule has 0 saturated carbocycles. The monoisotopic (exact) mass is 364 g/mol. The van der Waals surface area contributed by atoms with Crippen LogP contribution in [0.5, 0.6) is 0 Å². The summed E-state index contributed by atoms with van der Waals surface area (Å²) < 4.78 is 5.56. The van der Waals surface area contributed by atoms with Gasteiger partial charge in [-0.25, -0.2) is 0 Å². The summed E-state index contributed by atoms with van der Waals surface area (Å²) in [4.78, 5) is 20.4. The van der Waals surface area contributed by atoms with E-state index in [0.717, 1.165) is 10.8 Å². The molecule has 0 aliphatic heterocycles. The number of esters is 1. The second-order valence-corrected chi connectivity index (χ2v) is 4.42. The van der Waals surface area contributed by atoms with Crippen molar-refractivity contribution >= 4 is 46.1 Å². The number of carbonyl (C=O) groups excluding carboxylic acids is 1. The molecule has 0 amide bonds. The van der Waals surface area contributed by atoms with Gasteiger partial charge in [-0.05, 0) is 19.8 Å². The molecule has 0 fully saturated rings. The number of halogens is 2. The number of hydrogen-bond acceptors (Lipinski definition) is 3. The summed E-state index contributed by atoms with van der Waals surface area (Å²) in [6, 6.07) is 0. The highest BCUT2D eigenvalue weighted by Gasteiger charge is 2.12. The second kappa shape index (κ2) is 13.0. The lowest BCUT2D eigenvalue weighted by Crippen LogP contribution is -2.16. The van der Waals surface area contributed by atoms with E-state index >= 15 is 0 Å². The van der Waals surface area contributed by atoms with Gasteiger partial charge in [-0.1, -0.05) is 29.5 Å². The van der Waals surface area contributed by atoms with E-state index in [2.05, 4.69) is 27.3 Å². The lowest BCUT2D eigenvalue weighted by Gasteiger charge is -2.03. The zero-order valence-corrected chi connectivity index (χ0v) is 12.5. The van der Waals surface area contributed by atoms with Crippen LogP contribution in [0, 0.1) is 0 Å². The molecule has 0 bridgehead atoms. The Hall–Kier alpha value is -0.0400. The Balaban J connectivity index is 0. The number of rotatable bonds is 6. The quantitative estimate of drug-likeness (QED) is 0.447. The van der Waals surface area contributed by atoms with Gasteiger partial charge in [-0.3, -0.25) is 9.59 Å². The van der Waals surface area contributed by atoms with E-state index < -0.39 is 11.3 Å². The van der Waals surface area contributed by atoms with Gasteiger partial charge >= 0.3 is 11.9 Å². The van der Waals surface area contributed by atoms with E-state index in [0.29, 0.717) is 19.4 Å². The highest BCUT2D eigenvalue weighted by atomic mass is 127. The van der Waals surface area contributed by atoms with Crippen molar-refractivity contribution in [3.63, 3.8) is 0 Å². The van der Waals surface area contributed by atoms with E-state index in [4.69, 9.17) is 16.7 Å². The largest absolute Gasteiger partial charge is 0.481 e. The molecule has 96 valence electrons. The zero-order valence-electron chi connectivity index (χ0n) is 9.54. The molecule has 6 heteroatoms. The van der Waals surface area contributed by atoms with Crippen molar-refractivity contribution in [2.45, 2.75) is 38.5 Å². The minimum absolute atomic E-state index is 0.308. The number of hydrogen-bond donors (Lipinski definition) is 1. The molecule has 0 rings (SSSR count). The molecular weight excluding hydrogens is 346 g/mol. The zero-order chi connectivity index (χ0) is 13.0. The summed E-state index contributed by atoms with van der Waals surface area (Å²) in [6.07, 6.45) is 1.72. The van der Waals surface area contributed by atoms with Gasteiger partial charge in [0, 0.05) is 10.8 Å². The number of alkyl halides is 2. The second-order valence-electron chi connectivity index (χ2n) is 2.81. The fourth-order valence-electron chi connectivity index (χ4n) is 0.617. The molecule has 16 heavy (non-hydrogen) atoms. The first-order chi connectivity index (χ1) is 7.49. The van der Waals surface area contributed by atoms with Gasteiger partial charge in [0.25, 0.3) is 0 Å². The average molecular weight is 365 g/mol. The Morgan fingerprint density at radius 3 is 2.25 bits per heavy atom. The van der Waals surface area contributed by atoms with Crippen molar-refractivity contribution in [3.05, 3.63) is 0 Å². The van der Waals surface area contributed by atoms with Gasteiger partial charge < -0.3 is 9.84 Å². The third kappa shape index (κ3) is 14.0. The predicted molar refractivity (Wildman–Crippen MR) is 72.3 cm³/mol. The normalized spacial score (nSPS) is 11.0. The van der Waals surface area contributed by atoms with Crippen molar-refractivity contribution in [3.8, 4) is 0 Å². The average Bonchev–Trinajstić information content (AvgIpc) is 2.26. The van der Waals surface area contributed by atoms with E-state index in [1.54, 1.807) is 6.92 Å². The highest BCUT2D eigenvalue weighted by molar-refractivity contribution is 14.1. The van der Waals surface area contributed by atoms with Crippen LogP contribution in [-0.2, 0) is 14.3 Å². The van der Waals surface area contributed by atoms with Gasteiger partial charge in [0.2, 0.25) is 0 Å². The van der Waals surface area contributed by atoms with Crippen molar-refractivity contribution in [1.82, 2.24) is 0 Å². The minimum Gasteiger partial charge on any atom is -0.481 e. The van der Waals surface area contributed by atoms with Crippen LogP contribution in [0.15, 0.2) is 0 Å². The molecular formula is C10H18ClIO4. The van der Waals surface area contributed by atoms with Gasteiger partial charge in [0.1, 0.15) is 5.38 Å². The van der Waals surface area contributed by atoms with Crippen LogP contribution in [-0.4, -0.2) is 33.5 Å². The maximum atomic E-state index is 10.6. The van der Waals surface area contributed by atoms with E-state index in [1.807, 2.05) is 6.92 Å². The van der Waals surface area contributed by atoms with Crippen LogP contribution in [0.4, 0.5) is 0 Å². The summed E-state index contributed by atoms with van der Waals surface area (Å²) in [5.41, 5.74) is 0. The number of aliphatic carboxylic acids is 1. The Morgan fingerprint density at radius 1 is 1.44 bits per heavy atom. The van der Waals surface area contributed by atoms with Crippen LogP contribution >= 0.6 is 34.2 Å². The minimum atomic E-state index is -0.698. The predicted octanol–water partition coefficient (Wildman–Crippen LogP) is 2.85. The molecule has 0 spiro atoms. The summed E-state index contributed by atoms with van der Waals surface area (Å²) >= 11 is 7.68. The first-order valence-corrected chi connectivity index (χ1v) is 7.04. The standard InChI is InChI=1S/C6H11ClO2.C4H7IO2/c1-3-5(7)6(8)9-4-2;5-3-1-2-4(6)7/h5H,3-4H2,1-2H3;1-3H2,(H,6,7). The van der Waals surface area contributed by atoms with Crippen LogP contribution in [0.25, 0.3) is 0 Å². The first kappa shape index (κ1) is 18.3. The molecule has 0 heterocycles. The lowest BCUT2D eigenvalue weighted by atomic mass is 10.3. The van der Waals surface area contributed by atoms with Gasteiger partial charge in [-0.2, -0.15) is 0 Å². The lowest BCUT2D eigenvalue weighted by molar-refractivity contribution is -0.142. The molecule has 0 aliphatic rings. The Kier molecular flexibility index (Phi) is 14.9. The van der Waals surface area contributed by atoms with Crippen molar-refractivity contribution in [1.29, 1.82) is 0 Å². The summed E-state index contributed by atoms with van der Waals surface area (Å²) in [6.45, 7) is 4.01. The molecule has 0 aromatic carbocycles. The Bertz CT molecular complexity index is 199. The highest BCUT2D eigenvalue weighted by Crippen LogP contribution is 2.02. The topological polar surface area (TPSA) is 63.6 Å². The van der Waals surface area contributed by atoms with Crippen LogP contribution in [0.3, 0.4) is 0 Å². The van der Waals surface area contributed by atoms with E-state index in [-0.39, 0.29) is 5.97 Å². The fourth-order valence-corrected chi connectivity index (χ4v) is 1.06. The van der Waals surface area contributed by atoms with E-state index in [1.165, 1.54) is 0 Å². The molecule has 0 aliphatic carbocycles. The third-order valence-corrected chi connectivity index (χ3v) is 2.67. The number of carbonyl (C=O) groups is 2. The molecule has 1 N–H and O–H groups in total. The van der Waals surface area contributed by atoms with Gasteiger partial charge in [0.05, 0.1) is 6.61 Å². The fraction of sp³-hybridized carbons (Fsp3) is 0.800. The molecule has 1 unspecified atom stereocenters. The maximum Gasteiger partial charge on any atom is 0.324 e. The molecule has 0 aromatic rings. The number of carboxylic acids is 1. The Labute approximate surface area is 115 Å². The molecule has 4 nitrogen and oxygen atoms in total. The molecule has 0 aromatic heterocycles. The van der Waals surface area contributed by atoms with Crippen molar-refractivity contribution in [2.75, 3.05) is 11.0 Å².